The van der Waals surface area contributed by atoms with Crippen molar-refractivity contribution in [3.05, 3.63) is 0 Å². The summed E-state index contributed by atoms with van der Waals surface area (Å²) in [5, 5.41) is 0. The number of thiocarbonyl (C=S) groups is 1. The molecule has 1 amide bonds. The third kappa shape index (κ3) is 3.45. The zero-order chi connectivity index (χ0) is 12.2. The largest absolute Gasteiger partial charge is 0.392 e. The summed E-state index contributed by atoms with van der Waals surface area (Å²) < 4.78 is 0. The summed E-state index contributed by atoms with van der Waals surface area (Å²) >= 11 is 4.97. The minimum Gasteiger partial charge on any atom is -0.392 e. The van der Waals surface area contributed by atoms with E-state index in [0.29, 0.717) is 12.3 Å². The fourth-order valence-corrected chi connectivity index (χ4v) is 1.71. The summed E-state index contributed by atoms with van der Waals surface area (Å²) in [6.45, 7) is 8.63. The van der Waals surface area contributed by atoms with Gasteiger partial charge in [-0.15, -0.1) is 0 Å². The second-order valence-electron chi connectivity index (χ2n) is 4.63. The molecule has 0 rings (SSSR count). The number of amides is 1. The maximum atomic E-state index is 12.1. The molecule has 88 valence electrons. The fourth-order valence-electron chi connectivity index (χ4n) is 1.48. The molecule has 1 unspecified atom stereocenters. The van der Waals surface area contributed by atoms with Gasteiger partial charge < -0.3 is 10.6 Å². The first-order valence-electron chi connectivity index (χ1n) is 5.31. The van der Waals surface area contributed by atoms with Crippen molar-refractivity contribution in [3.63, 3.8) is 0 Å². The summed E-state index contributed by atoms with van der Waals surface area (Å²) in [5.74, 6) is 0.470. The maximum Gasteiger partial charge on any atom is 0.235 e. The highest BCUT2D eigenvalue weighted by molar-refractivity contribution is 7.80. The Bertz CT molecular complexity index is 253. The van der Waals surface area contributed by atoms with Gasteiger partial charge in [0.2, 0.25) is 5.91 Å². The summed E-state index contributed by atoms with van der Waals surface area (Å²) in [6.07, 6.45) is 0.642. The number of hydrogen-bond donors (Lipinski definition) is 1. The summed E-state index contributed by atoms with van der Waals surface area (Å²) in [4.78, 5) is 14.1. The third-order valence-electron chi connectivity index (χ3n) is 2.71. The number of nitrogens with two attached hydrogens (primary N) is 1. The van der Waals surface area contributed by atoms with E-state index in [1.807, 2.05) is 13.8 Å². The highest BCUT2D eigenvalue weighted by atomic mass is 32.1. The first-order valence-corrected chi connectivity index (χ1v) is 5.72. The molecule has 0 saturated heterocycles. The molecule has 0 radical (unpaired) electrons. The van der Waals surface area contributed by atoms with Gasteiger partial charge in [-0.3, -0.25) is 4.79 Å². The summed E-state index contributed by atoms with van der Waals surface area (Å²) in [6, 6.07) is 0. The van der Waals surface area contributed by atoms with Gasteiger partial charge in [-0.2, -0.15) is 0 Å². The van der Waals surface area contributed by atoms with Gasteiger partial charge >= 0.3 is 0 Å². The highest BCUT2D eigenvalue weighted by Gasteiger charge is 2.36. The van der Waals surface area contributed by atoms with Crippen molar-refractivity contribution in [1.29, 1.82) is 0 Å². The Hall–Kier alpha value is -0.640. The molecule has 0 aliphatic heterocycles. The van der Waals surface area contributed by atoms with Gasteiger partial charge in [-0.25, -0.2) is 0 Å². The van der Waals surface area contributed by atoms with E-state index in [1.54, 1.807) is 11.9 Å². The van der Waals surface area contributed by atoms with Crippen LogP contribution in [0.25, 0.3) is 0 Å². The van der Waals surface area contributed by atoms with Crippen LogP contribution in [0, 0.1) is 11.3 Å². The Morgan fingerprint density at radius 1 is 1.53 bits per heavy atom. The second kappa shape index (κ2) is 5.45. The van der Waals surface area contributed by atoms with E-state index in [1.165, 1.54) is 0 Å². The van der Waals surface area contributed by atoms with Crippen LogP contribution < -0.4 is 5.73 Å². The molecule has 0 aliphatic rings. The fraction of sp³-hybridized carbons (Fsp3) is 0.818. The van der Waals surface area contributed by atoms with Gasteiger partial charge in [-0.05, 0) is 19.3 Å². The van der Waals surface area contributed by atoms with Crippen molar-refractivity contribution >= 4 is 23.1 Å². The molecule has 0 spiro atoms. The Kier molecular flexibility index (Phi) is 5.21. The van der Waals surface area contributed by atoms with Crippen LogP contribution in [-0.2, 0) is 4.79 Å². The summed E-state index contributed by atoms with van der Waals surface area (Å²) in [5.41, 5.74) is 4.94. The van der Waals surface area contributed by atoms with Crippen LogP contribution in [-0.4, -0.2) is 29.4 Å². The Morgan fingerprint density at radius 2 is 2.00 bits per heavy atom. The SMILES string of the molecule is CCC(C)(C(=O)N(C)CC(C)C)C(N)=S. The normalized spacial score (nSPS) is 14.8. The molecular weight excluding hydrogens is 208 g/mol. The molecule has 0 aromatic rings. The van der Waals surface area contributed by atoms with Crippen LogP contribution in [0.4, 0.5) is 0 Å². The topological polar surface area (TPSA) is 46.3 Å². The molecule has 1 atom stereocenters. The van der Waals surface area contributed by atoms with Crippen molar-refractivity contribution < 1.29 is 4.79 Å². The summed E-state index contributed by atoms with van der Waals surface area (Å²) in [7, 11) is 1.80. The molecule has 0 heterocycles. The van der Waals surface area contributed by atoms with Crippen molar-refractivity contribution in [2.24, 2.45) is 17.1 Å². The van der Waals surface area contributed by atoms with E-state index in [4.69, 9.17) is 18.0 Å². The number of rotatable bonds is 5. The lowest BCUT2D eigenvalue weighted by atomic mass is 9.85. The Labute approximate surface area is 98.0 Å². The van der Waals surface area contributed by atoms with Gasteiger partial charge in [0, 0.05) is 13.6 Å². The zero-order valence-electron chi connectivity index (χ0n) is 10.3. The number of nitrogens with zero attached hydrogens (tertiary/aromatic N) is 1. The van der Waals surface area contributed by atoms with Gasteiger partial charge in [0.05, 0.1) is 10.4 Å². The second-order valence-corrected chi connectivity index (χ2v) is 5.07. The van der Waals surface area contributed by atoms with Crippen molar-refractivity contribution in [3.8, 4) is 0 Å². The molecule has 3 nitrogen and oxygen atoms in total. The number of hydrogen-bond acceptors (Lipinski definition) is 2. The first kappa shape index (κ1) is 14.4. The number of carbonyl (C=O) groups is 1. The standard InChI is InChI=1S/C11H22N2OS/c1-6-11(4,9(12)15)10(14)13(5)7-8(2)3/h8H,6-7H2,1-5H3,(H2,12,15). The highest BCUT2D eigenvalue weighted by Crippen LogP contribution is 2.24. The lowest BCUT2D eigenvalue weighted by molar-refractivity contribution is -0.136. The molecule has 0 saturated carbocycles. The first-order chi connectivity index (χ1) is 6.75. The molecular formula is C11H22N2OS. The molecule has 0 aromatic carbocycles. The van der Waals surface area contributed by atoms with E-state index in [-0.39, 0.29) is 10.9 Å². The van der Waals surface area contributed by atoms with E-state index >= 15 is 0 Å². The van der Waals surface area contributed by atoms with Crippen molar-refractivity contribution in [2.45, 2.75) is 34.1 Å². The van der Waals surface area contributed by atoms with Gasteiger partial charge in [0.1, 0.15) is 0 Å². The maximum absolute atomic E-state index is 12.1. The average Bonchev–Trinajstić information content (AvgIpc) is 2.13. The molecule has 0 aromatic heterocycles. The molecule has 15 heavy (non-hydrogen) atoms. The lowest BCUT2D eigenvalue weighted by Gasteiger charge is -2.31. The van der Waals surface area contributed by atoms with Crippen LogP contribution in [0.3, 0.4) is 0 Å². The molecule has 2 N–H and O–H groups in total. The zero-order valence-corrected chi connectivity index (χ0v) is 11.1. The smallest absolute Gasteiger partial charge is 0.235 e. The van der Waals surface area contributed by atoms with Gasteiger partial charge in [-0.1, -0.05) is 33.0 Å². The van der Waals surface area contributed by atoms with Crippen LogP contribution >= 0.6 is 12.2 Å². The molecule has 0 aliphatic carbocycles. The quantitative estimate of drug-likeness (QED) is 0.733. The average molecular weight is 230 g/mol. The van der Waals surface area contributed by atoms with Crippen LogP contribution in [0.2, 0.25) is 0 Å². The van der Waals surface area contributed by atoms with E-state index < -0.39 is 5.41 Å². The Morgan fingerprint density at radius 3 is 2.27 bits per heavy atom. The third-order valence-corrected chi connectivity index (χ3v) is 3.16. The predicted molar refractivity (Wildman–Crippen MR) is 67.7 cm³/mol. The van der Waals surface area contributed by atoms with Crippen molar-refractivity contribution in [1.82, 2.24) is 4.90 Å². The van der Waals surface area contributed by atoms with Gasteiger partial charge in [0.15, 0.2) is 0 Å². The number of carbonyl (C=O) groups excluding carboxylic acids is 1. The van der Waals surface area contributed by atoms with Crippen molar-refractivity contribution in [2.75, 3.05) is 13.6 Å². The van der Waals surface area contributed by atoms with Crippen LogP contribution in [0.15, 0.2) is 0 Å². The van der Waals surface area contributed by atoms with Gasteiger partial charge in [0.25, 0.3) is 0 Å². The minimum atomic E-state index is -0.695. The van der Waals surface area contributed by atoms with Crippen LogP contribution in [0.1, 0.15) is 34.1 Å². The van der Waals surface area contributed by atoms with Crippen LogP contribution in [0.5, 0.6) is 0 Å². The minimum absolute atomic E-state index is 0.0196. The lowest BCUT2D eigenvalue weighted by Crippen LogP contribution is -2.48. The van der Waals surface area contributed by atoms with E-state index in [0.717, 1.165) is 6.54 Å². The monoisotopic (exact) mass is 230 g/mol. The van der Waals surface area contributed by atoms with E-state index in [9.17, 15) is 4.79 Å². The Balaban J connectivity index is 4.73. The van der Waals surface area contributed by atoms with E-state index in [2.05, 4.69) is 13.8 Å². The molecule has 0 fully saturated rings. The molecule has 4 heteroatoms. The molecule has 0 bridgehead atoms. The predicted octanol–water partition coefficient (Wildman–Crippen LogP) is 1.80.